The van der Waals surface area contributed by atoms with Crippen molar-refractivity contribution in [3.05, 3.63) is 47.9 Å². The Bertz CT molecular complexity index is 441. The first kappa shape index (κ1) is 10.4. The summed E-state index contributed by atoms with van der Waals surface area (Å²) in [4.78, 5) is 7.75. The Balaban J connectivity index is 2.02. The molecule has 0 atom stereocenters. The summed E-state index contributed by atoms with van der Waals surface area (Å²) >= 11 is 0. The quantitative estimate of drug-likeness (QED) is 0.824. The highest BCUT2D eigenvalue weighted by molar-refractivity contribution is 5.38. The third kappa shape index (κ3) is 2.66. The van der Waals surface area contributed by atoms with Crippen molar-refractivity contribution in [2.45, 2.75) is 6.54 Å². The Hall–Kier alpha value is -2.17. The molecule has 3 N–H and O–H groups in total. The summed E-state index contributed by atoms with van der Waals surface area (Å²) < 4.78 is 12.9. The molecule has 0 saturated carbocycles. The zero-order chi connectivity index (χ0) is 11.4. The number of benzene rings is 1. The van der Waals surface area contributed by atoms with Crippen LogP contribution in [-0.4, -0.2) is 9.97 Å². The summed E-state index contributed by atoms with van der Waals surface area (Å²) in [5.74, 6) is 0.586. The van der Waals surface area contributed by atoms with E-state index in [1.807, 2.05) is 6.07 Å². The number of hydrogen-bond donors (Lipinski definition) is 2. The first-order valence-electron chi connectivity index (χ1n) is 4.81. The van der Waals surface area contributed by atoms with Gasteiger partial charge in [0.25, 0.3) is 0 Å². The van der Waals surface area contributed by atoms with Gasteiger partial charge >= 0.3 is 0 Å². The van der Waals surface area contributed by atoms with Crippen molar-refractivity contribution in [1.82, 2.24) is 9.97 Å². The Labute approximate surface area is 92.3 Å². The molecular formula is C11H11FN4. The Morgan fingerprint density at radius 1 is 1.31 bits per heavy atom. The van der Waals surface area contributed by atoms with Gasteiger partial charge < -0.3 is 11.1 Å². The van der Waals surface area contributed by atoms with Crippen LogP contribution in [0.25, 0.3) is 0 Å². The largest absolute Gasteiger partial charge is 0.368 e. The molecule has 0 radical (unpaired) electrons. The Morgan fingerprint density at radius 2 is 2.19 bits per heavy atom. The second-order valence-electron chi connectivity index (χ2n) is 3.28. The van der Waals surface area contributed by atoms with Crippen molar-refractivity contribution in [1.29, 1.82) is 0 Å². The van der Waals surface area contributed by atoms with Gasteiger partial charge in [0.15, 0.2) is 0 Å². The summed E-state index contributed by atoms with van der Waals surface area (Å²) in [5, 5.41) is 3.03. The van der Waals surface area contributed by atoms with Gasteiger partial charge in [0.2, 0.25) is 5.95 Å². The van der Waals surface area contributed by atoms with Crippen molar-refractivity contribution >= 4 is 11.8 Å². The minimum atomic E-state index is -0.249. The van der Waals surface area contributed by atoms with E-state index in [0.29, 0.717) is 12.4 Å². The molecular weight excluding hydrogens is 207 g/mol. The van der Waals surface area contributed by atoms with Gasteiger partial charge in [0, 0.05) is 12.7 Å². The summed E-state index contributed by atoms with van der Waals surface area (Å²) in [7, 11) is 0. The number of anilines is 2. The van der Waals surface area contributed by atoms with Crippen LogP contribution < -0.4 is 11.1 Å². The van der Waals surface area contributed by atoms with Crippen molar-refractivity contribution in [2.24, 2.45) is 0 Å². The molecule has 2 aromatic rings. The van der Waals surface area contributed by atoms with Gasteiger partial charge in [-0.05, 0) is 23.8 Å². The first-order valence-corrected chi connectivity index (χ1v) is 4.81. The zero-order valence-corrected chi connectivity index (χ0v) is 8.52. The van der Waals surface area contributed by atoms with E-state index < -0.39 is 0 Å². The number of hydrogen-bond acceptors (Lipinski definition) is 4. The zero-order valence-electron chi connectivity index (χ0n) is 8.52. The van der Waals surface area contributed by atoms with E-state index in [9.17, 15) is 4.39 Å². The van der Waals surface area contributed by atoms with Crippen molar-refractivity contribution in [2.75, 3.05) is 11.1 Å². The number of nitrogens with two attached hydrogens (primary N) is 1. The molecule has 0 aliphatic rings. The van der Waals surface area contributed by atoms with Crippen LogP contribution in [-0.2, 0) is 6.54 Å². The molecule has 5 heteroatoms. The van der Waals surface area contributed by atoms with Crippen LogP contribution in [0.2, 0.25) is 0 Å². The third-order valence-corrected chi connectivity index (χ3v) is 2.04. The van der Waals surface area contributed by atoms with E-state index in [1.54, 1.807) is 18.3 Å². The number of nitrogens with one attached hydrogen (secondary N) is 1. The van der Waals surface area contributed by atoms with Crippen LogP contribution in [0.4, 0.5) is 16.2 Å². The normalized spacial score (nSPS) is 10.1. The maximum atomic E-state index is 12.9. The number of halogens is 1. The minimum Gasteiger partial charge on any atom is -0.368 e. The summed E-state index contributed by atoms with van der Waals surface area (Å²) in [6, 6.07) is 8.08. The molecule has 0 bridgehead atoms. The first-order chi connectivity index (χ1) is 7.74. The molecule has 1 aromatic heterocycles. The molecule has 0 saturated heterocycles. The molecule has 1 heterocycles. The van der Waals surface area contributed by atoms with Gasteiger partial charge in [0.05, 0.1) is 0 Å². The van der Waals surface area contributed by atoms with E-state index in [4.69, 9.17) is 5.73 Å². The molecule has 0 spiro atoms. The average molecular weight is 218 g/mol. The summed E-state index contributed by atoms with van der Waals surface area (Å²) in [5.41, 5.74) is 6.27. The van der Waals surface area contributed by atoms with Crippen LogP contribution >= 0.6 is 0 Å². The topological polar surface area (TPSA) is 63.8 Å². The minimum absolute atomic E-state index is 0.212. The fourth-order valence-electron chi connectivity index (χ4n) is 1.31. The molecule has 82 valence electrons. The smallest absolute Gasteiger partial charge is 0.221 e. The molecule has 16 heavy (non-hydrogen) atoms. The van der Waals surface area contributed by atoms with Crippen LogP contribution in [0.1, 0.15) is 5.56 Å². The van der Waals surface area contributed by atoms with E-state index in [-0.39, 0.29) is 11.8 Å². The number of nitrogen functional groups attached to an aromatic ring is 1. The molecule has 0 aliphatic carbocycles. The molecule has 2 rings (SSSR count). The van der Waals surface area contributed by atoms with Gasteiger partial charge in [0.1, 0.15) is 11.6 Å². The van der Waals surface area contributed by atoms with E-state index in [2.05, 4.69) is 15.3 Å². The van der Waals surface area contributed by atoms with E-state index in [0.717, 1.165) is 5.56 Å². The Morgan fingerprint density at radius 3 is 2.94 bits per heavy atom. The van der Waals surface area contributed by atoms with Crippen LogP contribution in [0.3, 0.4) is 0 Å². The van der Waals surface area contributed by atoms with Gasteiger partial charge in [-0.15, -0.1) is 0 Å². The second kappa shape index (κ2) is 4.57. The Kier molecular flexibility index (Phi) is 2.95. The predicted octanol–water partition coefficient (Wildman–Crippen LogP) is 1.81. The lowest BCUT2D eigenvalue weighted by Gasteiger charge is -2.05. The number of aromatic nitrogens is 2. The molecule has 0 fully saturated rings. The fourth-order valence-corrected chi connectivity index (χ4v) is 1.31. The molecule has 0 unspecified atom stereocenters. The highest BCUT2D eigenvalue weighted by Crippen LogP contribution is 2.07. The maximum Gasteiger partial charge on any atom is 0.221 e. The van der Waals surface area contributed by atoms with E-state index in [1.165, 1.54) is 12.1 Å². The third-order valence-electron chi connectivity index (χ3n) is 2.04. The van der Waals surface area contributed by atoms with Gasteiger partial charge in [-0.1, -0.05) is 12.1 Å². The van der Waals surface area contributed by atoms with Crippen molar-refractivity contribution < 1.29 is 4.39 Å². The lowest BCUT2D eigenvalue weighted by Crippen LogP contribution is -2.03. The van der Waals surface area contributed by atoms with Gasteiger partial charge in [-0.25, -0.2) is 9.37 Å². The second-order valence-corrected chi connectivity index (χ2v) is 3.28. The van der Waals surface area contributed by atoms with Crippen molar-refractivity contribution in [3.8, 4) is 0 Å². The van der Waals surface area contributed by atoms with Crippen LogP contribution in [0, 0.1) is 5.82 Å². The number of rotatable bonds is 3. The fraction of sp³-hybridized carbons (Fsp3) is 0.0909. The molecule has 0 aliphatic heterocycles. The van der Waals surface area contributed by atoms with Gasteiger partial charge in [-0.3, -0.25) is 0 Å². The monoisotopic (exact) mass is 218 g/mol. The summed E-state index contributed by atoms with van der Waals surface area (Å²) in [6.07, 6.45) is 1.57. The highest BCUT2D eigenvalue weighted by Gasteiger charge is 1.97. The standard InChI is InChI=1S/C11H11FN4/c12-9-3-1-2-8(6-9)7-15-10-4-5-14-11(13)16-10/h1-6H,7H2,(H3,13,14,15,16). The molecule has 1 aromatic carbocycles. The van der Waals surface area contributed by atoms with Crippen LogP contribution in [0.15, 0.2) is 36.5 Å². The highest BCUT2D eigenvalue weighted by atomic mass is 19.1. The number of nitrogens with zero attached hydrogens (tertiary/aromatic N) is 2. The van der Waals surface area contributed by atoms with Crippen molar-refractivity contribution in [3.63, 3.8) is 0 Å². The maximum absolute atomic E-state index is 12.9. The van der Waals surface area contributed by atoms with E-state index >= 15 is 0 Å². The lowest BCUT2D eigenvalue weighted by atomic mass is 10.2. The summed E-state index contributed by atoms with van der Waals surface area (Å²) in [6.45, 7) is 0.494. The SMILES string of the molecule is Nc1nccc(NCc2cccc(F)c2)n1. The average Bonchev–Trinajstić information content (AvgIpc) is 2.27. The molecule has 4 nitrogen and oxygen atoms in total. The molecule has 0 amide bonds. The lowest BCUT2D eigenvalue weighted by molar-refractivity contribution is 0.626. The predicted molar refractivity (Wildman–Crippen MR) is 60.2 cm³/mol. The van der Waals surface area contributed by atoms with Gasteiger partial charge in [-0.2, -0.15) is 4.98 Å². The van der Waals surface area contributed by atoms with Crippen LogP contribution in [0.5, 0.6) is 0 Å².